The fourth-order valence-corrected chi connectivity index (χ4v) is 2.80. The van der Waals surface area contributed by atoms with Crippen molar-refractivity contribution < 1.29 is 19.4 Å². The largest absolute Gasteiger partial charge is 0.496 e. The Labute approximate surface area is 124 Å². The number of benzene rings is 1. The molecule has 0 aliphatic carbocycles. The number of hydrogen-bond donors (Lipinski definition) is 1. The van der Waals surface area contributed by atoms with Gasteiger partial charge >= 0.3 is 5.97 Å². The van der Waals surface area contributed by atoms with E-state index in [4.69, 9.17) is 4.74 Å². The van der Waals surface area contributed by atoms with E-state index in [1.165, 1.54) is 4.90 Å². The zero-order chi connectivity index (χ0) is 15.4. The Morgan fingerprint density at radius 2 is 2.14 bits per heavy atom. The molecular weight excluding hydrogens is 270 g/mol. The van der Waals surface area contributed by atoms with Gasteiger partial charge in [-0.3, -0.25) is 4.79 Å². The van der Waals surface area contributed by atoms with E-state index in [1.54, 1.807) is 7.11 Å². The summed E-state index contributed by atoms with van der Waals surface area (Å²) in [6.45, 7) is 2.47. The molecule has 1 heterocycles. The van der Waals surface area contributed by atoms with Crippen LogP contribution in [0.2, 0.25) is 0 Å². The van der Waals surface area contributed by atoms with Crippen LogP contribution in [0.5, 0.6) is 5.75 Å². The lowest BCUT2D eigenvalue weighted by Gasteiger charge is -2.33. The Balaban J connectivity index is 2.16. The van der Waals surface area contributed by atoms with E-state index in [9.17, 15) is 14.7 Å². The fraction of sp³-hybridized carbons (Fsp3) is 0.500. The monoisotopic (exact) mass is 291 g/mol. The van der Waals surface area contributed by atoms with Crippen molar-refractivity contribution in [1.29, 1.82) is 0 Å². The highest BCUT2D eigenvalue weighted by Gasteiger charge is 2.32. The summed E-state index contributed by atoms with van der Waals surface area (Å²) in [5.41, 5.74) is 1.85. The number of aryl methyl sites for hydroxylation is 1. The van der Waals surface area contributed by atoms with E-state index < -0.39 is 12.0 Å². The van der Waals surface area contributed by atoms with E-state index in [0.717, 1.165) is 24.0 Å². The van der Waals surface area contributed by atoms with E-state index in [1.807, 2.05) is 25.1 Å². The van der Waals surface area contributed by atoms with Crippen molar-refractivity contribution in [2.24, 2.45) is 0 Å². The lowest BCUT2D eigenvalue weighted by atomic mass is 10.00. The summed E-state index contributed by atoms with van der Waals surface area (Å²) in [6, 6.07) is 4.98. The molecule has 1 unspecified atom stereocenters. The maximum absolute atomic E-state index is 12.5. The Bertz CT molecular complexity index is 541. The normalized spacial score (nSPS) is 18.4. The number of piperidine rings is 1. The molecule has 114 valence electrons. The minimum absolute atomic E-state index is 0.147. The number of aliphatic carboxylic acids is 1. The zero-order valence-corrected chi connectivity index (χ0v) is 12.5. The van der Waals surface area contributed by atoms with Gasteiger partial charge in [0.1, 0.15) is 11.8 Å². The summed E-state index contributed by atoms with van der Waals surface area (Å²) in [4.78, 5) is 25.2. The summed E-state index contributed by atoms with van der Waals surface area (Å²) in [6.07, 6.45) is 2.43. The third kappa shape index (κ3) is 3.54. The standard InChI is InChI=1S/C16H21NO4/c1-11-6-7-14(21-2)12(9-11)10-15(18)17-8-4-3-5-13(17)16(19)20/h6-7,9,13H,3-5,8,10H2,1-2H3,(H,19,20). The van der Waals surface area contributed by atoms with Crippen LogP contribution in [0.15, 0.2) is 18.2 Å². The minimum Gasteiger partial charge on any atom is -0.496 e. The van der Waals surface area contributed by atoms with Crippen molar-refractivity contribution in [2.45, 2.75) is 38.6 Å². The van der Waals surface area contributed by atoms with Gasteiger partial charge in [0.25, 0.3) is 0 Å². The van der Waals surface area contributed by atoms with Crippen molar-refractivity contribution in [2.75, 3.05) is 13.7 Å². The number of amides is 1. The van der Waals surface area contributed by atoms with Gasteiger partial charge in [-0.1, -0.05) is 17.7 Å². The minimum atomic E-state index is -0.917. The molecule has 21 heavy (non-hydrogen) atoms. The summed E-state index contributed by atoms with van der Waals surface area (Å²) < 4.78 is 5.28. The van der Waals surface area contributed by atoms with Gasteiger partial charge in [0.05, 0.1) is 13.5 Å². The number of nitrogens with zero attached hydrogens (tertiary/aromatic N) is 1. The number of carboxylic acids is 1. The third-order valence-corrected chi connectivity index (χ3v) is 3.89. The van der Waals surface area contributed by atoms with E-state index >= 15 is 0 Å². The molecule has 1 saturated heterocycles. The number of hydrogen-bond acceptors (Lipinski definition) is 3. The quantitative estimate of drug-likeness (QED) is 0.921. The van der Waals surface area contributed by atoms with Crippen LogP contribution in [-0.4, -0.2) is 41.6 Å². The molecule has 1 aromatic carbocycles. The van der Waals surface area contributed by atoms with Crippen LogP contribution in [0.1, 0.15) is 30.4 Å². The topological polar surface area (TPSA) is 66.8 Å². The molecule has 1 N–H and O–H groups in total. The molecule has 1 aliphatic heterocycles. The Morgan fingerprint density at radius 1 is 1.38 bits per heavy atom. The molecule has 1 atom stereocenters. The first-order chi connectivity index (χ1) is 10.0. The second-order valence-corrected chi connectivity index (χ2v) is 5.43. The Hall–Kier alpha value is -2.04. The molecule has 5 heteroatoms. The smallest absolute Gasteiger partial charge is 0.326 e. The van der Waals surface area contributed by atoms with E-state index in [0.29, 0.717) is 18.7 Å². The van der Waals surface area contributed by atoms with Gasteiger partial charge in [0.2, 0.25) is 5.91 Å². The van der Waals surface area contributed by atoms with Gasteiger partial charge in [-0.05, 0) is 32.3 Å². The second kappa shape index (κ2) is 6.61. The summed E-state index contributed by atoms with van der Waals surface area (Å²) in [7, 11) is 1.57. The molecule has 1 aromatic rings. The molecule has 0 bridgehead atoms. The number of carbonyl (C=O) groups excluding carboxylic acids is 1. The van der Waals surface area contributed by atoms with Gasteiger partial charge in [0, 0.05) is 12.1 Å². The van der Waals surface area contributed by atoms with Gasteiger partial charge in [-0.25, -0.2) is 4.79 Å². The SMILES string of the molecule is COc1ccc(C)cc1CC(=O)N1CCCCC1C(=O)O. The molecule has 1 aliphatic rings. The van der Waals surface area contributed by atoms with Crippen LogP contribution in [0.25, 0.3) is 0 Å². The number of likely N-dealkylation sites (tertiary alicyclic amines) is 1. The summed E-state index contributed by atoms with van der Waals surface area (Å²) in [5.74, 6) is -0.400. The van der Waals surface area contributed by atoms with Gasteiger partial charge in [-0.15, -0.1) is 0 Å². The lowest BCUT2D eigenvalue weighted by molar-refractivity contribution is -0.151. The fourth-order valence-electron chi connectivity index (χ4n) is 2.80. The predicted octanol–water partition coefficient (Wildman–Crippen LogP) is 2.01. The van der Waals surface area contributed by atoms with Crippen LogP contribution >= 0.6 is 0 Å². The molecule has 0 radical (unpaired) electrons. The molecule has 2 rings (SSSR count). The first-order valence-corrected chi connectivity index (χ1v) is 7.18. The van der Waals surface area contributed by atoms with Crippen LogP contribution in [-0.2, 0) is 16.0 Å². The van der Waals surface area contributed by atoms with E-state index in [2.05, 4.69) is 0 Å². The average molecular weight is 291 g/mol. The number of ether oxygens (including phenoxy) is 1. The highest BCUT2D eigenvalue weighted by molar-refractivity contribution is 5.85. The number of rotatable bonds is 4. The van der Waals surface area contributed by atoms with Crippen LogP contribution in [0.3, 0.4) is 0 Å². The van der Waals surface area contributed by atoms with Crippen LogP contribution in [0.4, 0.5) is 0 Å². The molecule has 0 aromatic heterocycles. The van der Waals surface area contributed by atoms with Crippen LogP contribution in [0, 0.1) is 6.92 Å². The summed E-state index contributed by atoms with van der Waals surface area (Å²) >= 11 is 0. The second-order valence-electron chi connectivity index (χ2n) is 5.43. The molecule has 1 amide bonds. The maximum atomic E-state index is 12.5. The Kier molecular flexibility index (Phi) is 4.83. The van der Waals surface area contributed by atoms with Crippen LogP contribution < -0.4 is 4.74 Å². The van der Waals surface area contributed by atoms with Gasteiger partial charge in [0.15, 0.2) is 0 Å². The molecule has 1 fully saturated rings. The zero-order valence-electron chi connectivity index (χ0n) is 12.5. The molecule has 5 nitrogen and oxygen atoms in total. The van der Waals surface area contributed by atoms with Gasteiger partial charge < -0.3 is 14.7 Å². The first kappa shape index (κ1) is 15.4. The number of carboxylic acid groups (broad SMARTS) is 1. The predicted molar refractivity (Wildman–Crippen MR) is 78.4 cm³/mol. The van der Waals surface area contributed by atoms with E-state index in [-0.39, 0.29) is 12.3 Å². The Morgan fingerprint density at radius 3 is 2.81 bits per heavy atom. The van der Waals surface area contributed by atoms with Crippen molar-refractivity contribution in [3.8, 4) is 5.75 Å². The average Bonchev–Trinajstić information content (AvgIpc) is 2.47. The summed E-state index contributed by atoms with van der Waals surface area (Å²) in [5, 5.41) is 9.25. The van der Waals surface area contributed by atoms with Gasteiger partial charge in [-0.2, -0.15) is 0 Å². The molecular formula is C16H21NO4. The molecule has 0 spiro atoms. The highest BCUT2D eigenvalue weighted by atomic mass is 16.5. The number of carbonyl (C=O) groups is 2. The van der Waals surface area contributed by atoms with Crippen molar-refractivity contribution in [3.05, 3.63) is 29.3 Å². The lowest BCUT2D eigenvalue weighted by Crippen LogP contribution is -2.48. The first-order valence-electron chi connectivity index (χ1n) is 7.18. The number of methoxy groups -OCH3 is 1. The highest BCUT2D eigenvalue weighted by Crippen LogP contribution is 2.23. The van der Waals surface area contributed by atoms with Crippen molar-refractivity contribution in [3.63, 3.8) is 0 Å². The maximum Gasteiger partial charge on any atom is 0.326 e. The molecule has 0 saturated carbocycles. The van der Waals surface area contributed by atoms with Crippen molar-refractivity contribution >= 4 is 11.9 Å². The third-order valence-electron chi connectivity index (χ3n) is 3.89. The van der Waals surface area contributed by atoms with Crippen molar-refractivity contribution in [1.82, 2.24) is 4.90 Å².